The van der Waals surface area contributed by atoms with E-state index in [2.05, 4.69) is 11.2 Å². The van der Waals surface area contributed by atoms with E-state index in [9.17, 15) is 8.78 Å². The molecule has 92 valence electrons. The zero-order chi connectivity index (χ0) is 13.8. The van der Waals surface area contributed by atoms with Crippen molar-refractivity contribution in [3.8, 4) is 18.4 Å². The van der Waals surface area contributed by atoms with E-state index in [0.717, 1.165) is 0 Å². The van der Waals surface area contributed by atoms with Crippen LogP contribution in [0.15, 0.2) is 36.4 Å². The minimum atomic E-state index is -1.17. The van der Waals surface area contributed by atoms with Gasteiger partial charge in [-0.3, -0.25) is 0 Å². The monoisotopic (exact) mass is 254 g/mol. The van der Waals surface area contributed by atoms with Crippen molar-refractivity contribution in [2.24, 2.45) is 0 Å². The predicted octanol–water partition coefficient (Wildman–Crippen LogP) is 3.56. The quantitative estimate of drug-likeness (QED) is 0.832. The van der Waals surface area contributed by atoms with Gasteiger partial charge in [0.2, 0.25) is 0 Å². The Labute approximate surface area is 109 Å². The third-order valence-electron chi connectivity index (χ3n) is 2.51. The first-order valence-corrected chi connectivity index (χ1v) is 5.37. The lowest BCUT2D eigenvalue weighted by Crippen LogP contribution is -1.98. The van der Waals surface area contributed by atoms with Gasteiger partial charge in [0.25, 0.3) is 0 Å². The molecule has 0 atom stereocenters. The van der Waals surface area contributed by atoms with Crippen LogP contribution in [0.5, 0.6) is 0 Å². The van der Waals surface area contributed by atoms with Crippen LogP contribution >= 0.6 is 0 Å². The van der Waals surface area contributed by atoms with Crippen molar-refractivity contribution in [3.05, 3.63) is 59.2 Å². The average Bonchev–Trinajstić information content (AvgIpc) is 2.44. The van der Waals surface area contributed by atoms with Gasteiger partial charge in [-0.05, 0) is 30.3 Å². The highest BCUT2D eigenvalue weighted by molar-refractivity contribution is 5.63. The molecule has 0 saturated carbocycles. The second-order valence-corrected chi connectivity index (χ2v) is 3.75. The number of anilines is 2. The van der Waals surface area contributed by atoms with Gasteiger partial charge in [0.05, 0.1) is 11.3 Å². The van der Waals surface area contributed by atoms with Crippen LogP contribution in [0.25, 0.3) is 0 Å². The number of hydrogen-bond donors (Lipinski definition) is 1. The molecule has 2 aromatic carbocycles. The molecule has 2 rings (SSSR count). The SMILES string of the molecule is C#Cc1cccc(Nc2ccc(C#N)c(F)c2F)c1. The molecule has 2 nitrogen and oxygen atoms in total. The molecule has 0 amide bonds. The Kier molecular flexibility index (Phi) is 3.45. The Morgan fingerprint density at radius 2 is 1.89 bits per heavy atom. The molecule has 0 heterocycles. The molecule has 0 aliphatic rings. The summed E-state index contributed by atoms with van der Waals surface area (Å²) in [6, 6.07) is 10.8. The van der Waals surface area contributed by atoms with Crippen molar-refractivity contribution >= 4 is 11.4 Å². The molecular weight excluding hydrogens is 246 g/mol. The number of nitrogens with zero attached hydrogens (tertiary/aromatic N) is 1. The van der Waals surface area contributed by atoms with Gasteiger partial charge in [-0.2, -0.15) is 5.26 Å². The maximum Gasteiger partial charge on any atom is 0.183 e. The molecule has 0 unspecified atom stereocenters. The van der Waals surface area contributed by atoms with Crippen LogP contribution in [0, 0.1) is 35.3 Å². The topological polar surface area (TPSA) is 35.8 Å². The molecule has 0 aliphatic carbocycles. The summed E-state index contributed by atoms with van der Waals surface area (Å²) < 4.78 is 27.1. The molecule has 4 heteroatoms. The van der Waals surface area contributed by atoms with Crippen molar-refractivity contribution in [1.82, 2.24) is 0 Å². The van der Waals surface area contributed by atoms with Crippen molar-refractivity contribution in [1.29, 1.82) is 5.26 Å². The lowest BCUT2D eigenvalue weighted by atomic mass is 10.1. The number of benzene rings is 2. The van der Waals surface area contributed by atoms with Crippen LogP contribution in [0.2, 0.25) is 0 Å². The van der Waals surface area contributed by atoms with Gasteiger partial charge in [0, 0.05) is 11.3 Å². The van der Waals surface area contributed by atoms with Gasteiger partial charge in [-0.25, -0.2) is 8.78 Å². The van der Waals surface area contributed by atoms with Gasteiger partial charge >= 0.3 is 0 Å². The standard InChI is InChI=1S/C15H8F2N2/c1-2-10-4-3-5-12(8-10)19-13-7-6-11(9-18)14(16)15(13)17/h1,3-8,19H. The van der Waals surface area contributed by atoms with Crippen LogP contribution in [0.4, 0.5) is 20.2 Å². The molecule has 0 fully saturated rings. The van der Waals surface area contributed by atoms with Gasteiger partial charge in [-0.1, -0.05) is 12.0 Å². The van der Waals surface area contributed by atoms with Crippen LogP contribution < -0.4 is 5.32 Å². The summed E-state index contributed by atoms with van der Waals surface area (Å²) in [5.41, 5.74) is 0.782. The number of nitriles is 1. The Hall–Kier alpha value is -2.85. The average molecular weight is 254 g/mol. The summed E-state index contributed by atoms with van der Waals surface area (Å²) in [6.07, 6.45) is 5.26. The van der Waals surface area contributed by atoms with Crippen LogP contribution in [-0.2, 0) is 0 Å². The van der Waals surface area contributed by atoms with E-state index < -0.39 is 11.6 Å². The zero-order valence-corrected chi connectivity index (χ0v) is 9.74. The summed E-state index contributed by atoms with van der Waals surface area (Å²) >= 11 is 0. The molecule has 0 radical (unpaired) electrons. The smallest absolute Gasteiger partial charge is 0.183 e. The molecule has 1 N–H and O–H groups in total. The summed E-state index contributed by atoms with van der Waals surface area (Å²) in [5.74, 6) is 0.188. The van der Waals surface area contributed by atoms with Crippen molar-refractivity contribution < 1.29 is 8.78 Å². The summed E-state index contributed by atoms with van der Waals surface area (Å²) in [4.78, 5) is 0. The van der Waals surface area contributed by atoms with Gasteiger partial charge < -0.3 is 5.32 Å². The van der Waals surface area contributed by atoms with Crippen LogP contribution in [0.3, 0.4) is 0 Å². The Morgan fingerprint density at radius 1 is 1.11 bits per heavy atom. The summed E-state index contributed by atoms with van der Waals surface area (Å²) in [6.45, 7) is 0. The highest BCUT2D eigenvalue weighted by Crippen LogP contribution is 2.24. The molecule has 0 bridgehead atoms. The Bertz CT molecular complexity index is 709. The summed E-state index contributed by atoms with van der Waals surface area (Å²) in [7, 11) is 0. The number of terminal acetylenes is 1. The zero-order valence-electron chi connectivity index (χ0n) is 9.74. The van der Waals surface area contributed by atoms with E-state index in [0.29, 0.717) is 11.3 Å². The molecule has 0 saturated heterocycles. The van der Waals surface area contributed by atoms with Crippen LogP contribution in [-0.4, -0.2) is 0 Å². The lowest BCUT2D eigenvalue weighted by Gasteiger charge is -2.09. The minimum Gasteiger partial charge on any atom is -0.353 e. The molecule has 0 spiro atoms. The molecule has 0 aliphatic heterocycles. The fourth-order valence-corrected chi connectivity index (χ4v) is 1.57. The minimum absolute atomic E-state index is 0.0503. The number of rotatable bonds is 2. The molecule has 2 aromatic rings. The second-order valence-electron chi connectivity index (χ2n) is 3.75. The normalized spacial score (nSPS) is 9.47. The first-order chi connectivity index (χ1) is 9.15. The molecule has 19 heavy (non-hydrogen) atoms. The number of hydrogen-bond acceptors (Lipinski definition) is 2. The highest BCUT2D eigenvalue weighted by Gasteiger charge is 2.13. The maximum absolute atomic E-state index is 13.7. The van der Waals surface area contributed by atoms with Crippen molar-refractivity contribution in [2.45, 2.75) is 0 Å². The third-order valence-corrected chi connectivity index (χ3v) is 2.51. The Balaban J connectivity index is 2.37. The van der Waals surface area contributed by atoms with Crippen molar-refractivity contribution in [3.63, 3.8) is 0 Å². The van der Waals surface area contributed by atoms with E-state index in [1.807, 2.05) is 0 Å². The maximum atomic E-state index is 13.7. The van der Waals surface area contributed by atoms with Gasteiger partial charge in [0.1, 0.15) is 6.07 Å². The molecule has 0 aromatic heterocycles. The van der Waals surface area contributed by atoms with Gasteiger partial charge in [-0.15, -0.1) is 6.42 Å². The van der Waals surface area contributed by atoms with E-state index in [4.69, 9.17) is 11.7 Å². The Morgan fingerprint density at radius 3 is 2.58 bits per heavy atom. The first kappa shape index (κ1) is 12.6. The highest BCUT2D eigenvalue weighted by atomic mass is 19.2. The first-order valence-electron chi connectivity index (χ1n) is 5.37. The van der Waals surface area contributed by atoms with E-state index >= 15 is 0 Å². The largest absolute Gasteiger partial charge is 0.353 e. The second kappa shape index (κ2) is 5.20. The molecular formula is C15H8F2N2. The number of nitrogens with one attached hydrogen (secondary N) is 1. The van der Waals surface area contributed by atoms with E-state index in [1.54, 1.807) is 30.3 Å². The predicted molar refractivity (Wildman–Crippen MR) is 68.7 cm³/mol. The summed E-state index contributed by atoms with van der Waals surface area (Å²) in [5, 5.41) is 11.3. The van der Waals surface area contributed by atoms with E-state index in [1.165, 1.54) is 12.1 Å². The fourth-order valence-electron chi connectivity index (χ4n) is 1.57. The fraction of sp³-hybridized carbons (Fsp3) is 0. The number of halogens is 2. The lowest BCUT2D eigenvalue weighted by molar-refractivity contribution is 0.509. The van der Waals surface area contributed by atoms with Crippen molar-refractivity contribution in [2.75, 3.05) is 5.32 Å². The van der Waals surface area contributed by atoms with E-state index in [-0.39, 0.29) is 11.3 Å². The van der Waals surface area contributed by atoms with Gasteiger partial charge in [0.15, 0.2) is 11.6 Å². The van der Waals surface area contributed by atoms with Crippen LogP contribution in [0.1, 0.15) is 11.1 Å². The third kappa shape index (κ3) is 2.53.